The largest absolute Gasteiger partial charge is 0.383 e. The van der Waals surface area contributed by atoms with Crippen LogP contribution in [0.2, 0.25) is 0 Å². The zero-order chi connectivity index (χ0) is 14.8. The minimum absolute atomic E-state index is 0.611. The third-order valence-corrected chi connectivity index (χ3v) is 5.62. The van der Waals surface area contributed by atoms with Crippen molar-refractivity contribution in [2.45, 2.75) is 51.6 Å². The van der Waals surface area contributed by atoms with Gasteiger partial charge in [-0.05, 0) is 50.1 Å². The average molecular weight is 304 g/mol. The average Bonchev–Trinajstić information content (AvgIpc) is 2.96. The number of hydrogen-bond donors (Lipinski definition) is 1. The van der Waals surface area contributed by atoms with Crippen molar-refractivity contribution in [2.75, 3.05) is 12.8 Å². The van der Waals surface area contributed by atoms with Crippen LogP contribution in [0.15, 0.2) is 11.4 Å². The summed E-state index contributed by atoms with van der Waals surface area (Å²) in [5, 5.41) is 3.00. The summed E-state index contributed by atoms with van der Waals surface area (Å²) in [5.41, 5.74) is 6.03. The maximum Gasteiger partial charge on any atom is 0.146 e. The highest BCUT2D eigenvalue weighted by molar-refractivity contribution is 7.16. The minimum atomic E-state index is 0.611. The summed E-state index contributed by atoms with van der Waals surface area (Å²) >= 11 is 1.63. The molecule has 2 aromatic rings. The van der Waals surface area contributed by atoms with E-state index in [2.05, 4.69) is 28.8 Å². The molecule has 0 radical (unpaired) electrons. The van der Waals surface area contributed by atoms with Crippen LogP contribution >= 0.6 is 11.3 Å². The fraction of sp³-hybridized carbons (Fsp3) is 0.625. The highest BCUT2D eigenvalue weighted by Gasteiger charge is 2.23. The molecule has 1 aliphatic carbocycles. The molecule has 0 aromatic carbocycles. The molecule has 0 amide bonds. The maximum atomic E-state index is 6.03. The highest BCUT2D eigenvalue weighted by atomic mass is 32.1. The van der Waals surface area contributed by atoms with Crippen molar-refractivity contribution in [3.8, 4) is 0 Å². The maximum absolute atomic E-state index is 6.03. The minimum Gasteiger partial charge on any atom is -0.383 e. The fourth-order valence-electron chi connectivity index (χ4n) is 3.34. The highest BCUT2D eigenvalue weighted by Crippen LogP contribution is 2.30. The van der Waals surface area contributed by atoms with Crippen LogP contribution in [0, 0.1) is 5.92 Å². The molecule has 1 saturated carbocycles. The summed E-state index contributed by atoms with van der Waals surface area (Å²) in [5.74, 6) is 2.39. The molecule has 0 bridgehead atoms. The number of rotatable bonds is 4. The fourth-order valence-corrected chi connectivity index (χ4v) is 4.13. The molecule has 0 unspecified atom stereocenters. The van der Waals surface area contributed by atoms with Crippen LogP contribution in [-0.2, 0) is 6.54 Å². The van der Waals surface area contributed by atoms with Crippen molar-refractivity contribution < 1.29 is 0 Å². The smallest absolute Gasteiger partial charge is 0.146 e. The quantitative estimate of drug-likeness (QED) is 0.936. The Hall–Kier alpha value is -1.20. The Labute approximate surface area is 130 Å². The zero-order valence-corrected chi connectivity index (χ0v) is 13.7. The van der Waals surface area contributed by atoms with E-state index < -0.39 is 0 Å². The van der Waals surface area contributed by atoms with Crippen molar-refractivity contribution in [1.82, 2.24) is 14.9 Å². The lowest BCUT2D eigenvalue weighted by atomic mass is 9.84. The van der Waals surface area contributed by atoms with Crippen molar-refractivity contribution >= 4 is 27.4 Å². The van der Waals surface area contributed by atoms with Gasteiger partial charge >= 0.3 is 0 Å². The molecule has 21 heavy (non-hydrogen) atoms. The van der Waals surface area contributed by atoms with Gasteiger partial charge in [0.25, 0.3) is 0 Å². The molecule has 2 aromatic heterocycles. The third kappa shape index (κ3) is 3.19. The van der Waals surface area contributed by atoms with Crippen LogP contribution in [-0.4, -0.2) is 28.0 Å². The van der Waals surface area contributed by atoms with Crippen LogP contribution in [0.4, 0.5) is 5.82 Å². The Bertz CT molecular complexity index is 601. The Balaban J connectivity index is 1.67. The van der Waals surface area contributed by atoms with E-state index in [-0.39, 0.29) is 0 Å². The molecular formula is C16H24N4S. The van der Waals surface area contributed by atoms with Gasteiger partial charge in [0.1, 0.15) is 16.5 Å². The van der Waals surface area contributed by atoms with Gasteiger partial charge in [0.15, 0.2) is 0 Å². The van der Waals surface area contributed by atoms with Crippen LogP contribution in [0.1, 0.15) is 44.9 Å². The van der Waals surface area contributed by atoms with Crippen LogP contribution in [0.5, 0.6) is 0 Å². The van der Waals surface area contributed by atoms with Crippen molar-refractivity contribution in [1.29, 1.82) is 0 Å². The zero-order valence-electron chi connectivity index (χ0n) is 12.9. The van der Waals surface area contributed by atoms with E-state index in [0.29, 0.717) is 11.9 Å². The number of anilines is 1. The van der Waals surface area contributed by atoms with Gasteiger partial charge in [0, 0.05) is 6.04 Å². The van der Waals surface area contributed by atoms with E-state index in [4.69, 9.17) is 5.73 Å². The first-order valence-electron chi connectivity index (χ1n) is 7.87. The summed E-state index contributed by atoms with van der Waals surface area (Å²) in [4.78, 5) is 12.5. The molecule has 1 aliphatic rings. The molecule has 0 atom stereocenters. The summed E-state index contributed by atoms with van der Waals surface area (Å²) in [7, 11) is 2.19. The van der Waals surface area contributed by atoms with Gasteiger partial charge < -0.3 is 5.73 Å². The molecule has 1 fully saturated rings. The monoisotopic (exact) mass is 304 g/mol. The molecular weight excluding hydrogens is 280 g/mol. The lowest BCUT2D eigenvalue weighted by Crippen LogP contribution is -2.35. The number of aromatic nitrogens is 2. The van der Waals surface area contributed by atoms with E-state index in [9.17, 15) is 0 Å². The first-order chi connectivity index (χ1) is 10.2. The van der Waals surface area contributed by atoms with Crippen LogP contribution < -0.4 is 5.73 Å². The van der Waals surface area contributed by atoms with Gasteiger partial charge in [0.05, 0.1) is 11.9 Å². The molecule has 3 rings (SSSR count). The standard InChI is InChI=1S/C16H24N4S/c1-3-11-4-6-12(7-5-11)20(2)10-14-18-15(17)13-8-9-21-16(13)19-14/h8-9,11-12H,3-7,10H2,1-2H3,(H2,17,18,19). The van der Waals surface area contributed by atoms with Gasteiger partial charge in [-0.2, -0.15) is 0 Å². The summed E-state index contributed by atoms with van der Waals surface area (Å²) < 4.78 is 0. The molecule has 4 nitrogen and oxygen atoms in total. The Morgan fingerprint density at radius 3 is 2.76 bits per heavy atom. The number of nitrogen functional groups attached to an aromatic ring is 1. The molecule has 0 saturated heterocycles. The SMILES string of the molecule is CCC1CCC(N(C)Cc2nc(N)c3ccsc3n2)CC1. The van der Waals surface area contributed by atoms with E-state index in [1.165, 1.54) is 32.1 Å². The number of nitrogens with two attached hydrogens (primary N) is 1. The van der Waals surface area contributed by atoms with E-state index in [1.807, 2.05) is 11.4 Å². The van der Waals surface area contributed by atoms with Crippen molar-refractivity contribution in [3.05, 3.63) is 17.3 Å². The van der Waals surface area contributed by atoms with E-state index in [1.54, 1.807) is 11.3 Å². The van der Waals surface area contributed by atoms with E-state index in [0.717, 1.165) is 28.5 Å². The first kappa shape index (κ1) is 14.7. The lowest BCUT2D eigenvalue weighted by molar-refractivity contribution is 0.155. The van der Waals surface area contributed by atoms with Crippen molar-refractivity contribution in [3.63, 3.8) is 0 Å². The van der Waals surface area contributed by atoms with E-state index >= 15 is 0 Å². The predicted octanol–water partition coefficient (Wildman–Crippen LogP) is 3.67. The van der Waals surface area contributed by atoms with Gasteiger partial charge in [-0.1, -0.05) is 13.3 Å². The second kappa shape index (κ2) is 6.28. The van der Waals surface area contributed by atoms with Gasteiger partial charge in [-0.25, -0.2) is 9.97 Å². The topological polar surface area (TPSA) is 55.0 Å². The molecule has 114 valence electrons. The summed E-state index contributed by atoms with van der Waals surface area (Å²) in [6, 6.07) is 2.66. The number of thiophene rings is 1. The number of hydrogen-bond acceptors (Lipinski definition) is 5. The van der Waals surface area contributed by atoms with Crippen LogP contribution in [0.25, 0.3) is 10.2 Å². The normalized spacial score (nSPS) is 23.0. The Morgan fingerprint density at radius 1 is 1.29 bits per heavy atom. The molecule has 2 N–H and O–H groups in total. The van der Waals surface area contributed by atoms with Crippen LogP contribution in [0.3, 0.4) is 0 Å². The third-order valence-electron chi connectivity index (χ3n) is 4.81. The summed E-state index contributed by atoms with van der Waals surface area (Å²) in [6.45, 7) is 3.10. The molecule has 2 heterocycles. The second-order valence-corrected chi connectivity index (χ2v) is 7.06. The van der Waals surface area contributed by atoms with Gasteiger partial charge in [-0.15, -0.1) is 11.3 Å². The molecule has 5 heteroatoms. The number of nitrogens with zero attached hydrogens (tertiary/aromatic N) is 3. The Morgan fingerprint density at radius 2 is 2.05 bits per heavy atom. The first-order valence-corrected chi connectivity index (χ1v) is 8.75. The van der Waals surface area contributed by atoms with Gasteiger partial charge in [0.2, 0.25) is 0 Å². The molecule has 0 aliphatic heterocycles. The predicted molar refractivity (Wildman–Crippen MR) is 89.3 cm³/mol. The lowest BCUT2D eigenvalue weighted by Gasteiger charge is -2.34. The Kier molecular flexibility index (Phi) is 4.40. The summed E-state index contributed by atoms with van der Waals surface area (Å²) in [6.07, 6.45) is 6.64. The number of fused-ring (bicyclic) bond motifs is 1. The van der Waals surface area contributed by atoms with Crippen molar-refractivity contribution in [2.24, 2.45) is 5.92 Å². The molecule has 0 spiro atoms. The second-order valence-electron chi connectivity index (χ2n) is 6.16. The van der Waals surface area contributed by atoms with Gasteiger partial charge in [-0.3, -0.25) is 4.90 Å².